The predicted octanol–water partition coefficient (Wildman–Crippen LogP) is 4.63. The summed E-state index contributed by atoms with van der Waals surface area (Å²) in [5.74, 6) is 1.70. The molecule has 5 nitrogen and oxygen atoms in total. The predicted molar refractivity (Wildman–Crippen MR) is 106 cm³/mol. The van der Waals surface area contributed by atoms with Crippen LogP contribution >= 0.6 is 0 Å². The van der Waals surface area contributed by atoms with Gasteiger partial charge in [-0.25, -0.2) is 0 Å². The van der Waals surface area contributed by atoms with E-state index in [1.165, 1.54) is 11.1 Å². The van der Waals surface area contributed by atoms with Crippen LogP contribution in [0.2, 0.25) is 0 Å². The van der Waals surface area contributed by atoms with Gasteiger partial charge in [0.1, 0.15) is 11.4 Å². The fourth-order valence-corrected chi connectivity index (χ4v) is 4.16. The molecule has 4 rings (SSSR count). The zero-order chi connectivity index (χ0) is 19.9. The number of carbonyl (C=O) groups is 1. The van der Waals surface area contributed by atoms with Gasteiger partial charge >= 0.3 is 5.97 Å². The number of methoxy groups -OCH3 is 1. The molecular weight excluding hydrogens is 356 g/mol. The number of hydrogen-bond donors (Lipinski definition) is 1. The number of carboxylic acids is 1. The molecule has 28 heavy (non-hydrogen) atoms. The number of aliphatic carboxylic acids is 1. The molecule has 0 aromatic heterocycles. The van der Waals surface area contributed by atoms with Gasteiger partial charge in [0.15, 0.2) is 11.5 Å². The van der Waals surface area contributed by atoms with Gasteiger partial charge < -0.3 is 19.3 Å². The van der Waals surface area contributed by atoms with E-state index in [2.05, 4.69) is 32.0 Å². The van der Waals surface area contributed by atoms with Crippen LogP contribution in [0.1, 0.15) is 44.2 Å². The molecule has 1 atom stereocenters. The van der Waals surface area contributed by atoms with Crippen molar-refractivity contribution in [3.63, 3.8) is 0 Å². The third kappa shape index (κ3) is 3.53. The molecule has 0 saturated carbocycles. The highest BCUT2D eigenvalue weighted by Gasteiger charge is 2.34. The summed E-state index contributed by atoms with van der Waals surface area (Å²) < 4.78 is 17.7. The molecule has 5 heteroatoms. The van der Waals surface area contributed by atoms with Gasteiger partial charge in [0.05, 0.1) is 13.2 Å². The van der Waals surface area contributed by atoms with Crippen molar-refractivity contribution < 1.29 is 24.1 Å². The van der Waals surface area contributed by atoms with E-state index in [1.807, 2.05) is 12.1 Å². The van der Waals surface area contributed by atoms with Gasteiger partial charge in [0.25, 0.3) is 0 Å². The molecule has 0 fully saturated rings. The zero-order valence-corrected chi connectivity index (χ0v) is 16.6. The van der Waals surface area contributed by atoms with Crippen LogP contribution in [-0.4, -0.2) is 29.9 Å². The van der Waals surface area contributed by atoms with Crippen LogP contribution in [0, 0.1) is 0 Å². The minimum absolute atomic E-state index is 0.0196. The molecule has 2 aromatic carbocycles. The average molecular weight is 382 g/mol. The number of ether oxygens (including phenoxy) is 3. The standard InChI is InChI=1S/C23H26O5/c1-23(2)13-18-17(8-10-20(26-3)22(18)28-23)14-5-9-19-15(12-14)4-6-16(27-19)7-11-21(24)25/h5,8-10,12,16H,4,6-7,11,13H2,1-3H3,(H,24,25). The molecule has 0 bridgehead atoms. The first-order chi connectivity index (χ1) is 13.4. The second kappa shape index (κ2) is 7.04. The lowest BCUT2D eigenvalue weighted by Gasteiger charge is -2.26. The minimum atomic E-state index is -0.775. The Morgan fingerprint density at radius 1 is 1.29 bits per heavy atom. The normalized spacial score (nSPS) is 19.2. The third-order valence-electron chi connectivity index (χ3n) is 5.51. The molecule has 0 aliphatic carbocycles. The molecule has 2 aromatic rings. The van der Waals surface area contributed by atoms with Gasteiger partial charge in [-0.3, -0.25) is 4.79 Å². The van der Waals surface area contributed by atoms with Gasteiger partial charge in [-0.15, -0.1) is 0 Å². The lowest BCUT2D eigenvalue weighted by atomic mass is 9.91. The molecule has 0 radical (unpaired) electrons. The van der Waals surface area contributed by atoms with E-state index in [0.717, 1.165) is 47.6 Å². The van der Waals surface area contributed by atoms with Crippen LogP contribution in [0.4, 0.5) is 0 Å². The highest BCUT2D eigenvalue weighted by atomic mass is 16.5. The monoisotopic (exact) mass is 382 g/mol. The van der Waals surface area contributed by atoms with Crippen molar-refractivity contribution in [2.45, 2.75) is 57.7 Å². The number of hydrogen-bond acceptors (Lipinski definition) is 4. The fourth-order valence-electron chi connectivity index (χ4n) is 4.16. The quantitative estimate of drug-likeness (QED) is 0.816. The summed E-state index contributed by atoms with van der Waals surface area (Å²) in [6, 6.07) is 10.3. The van der Waals surface area contributed by atoms with Gasteiger partial charge in [0, 0.05) is 18.4 Å². The first kappa shape index (κ1) is 18.7. The largest absolute Gasteiger partial charge is 0.493 e. The van der Waals surface area contributed by atoms with Crippen molar-refractivity contribution in [2.24, 2.45) is 0 Å². The maximum atomic E-state index is 10.8. The second-order valence-electron chi connectivity index (χ2n) is 8.20. The summed E-state index contributed by atoms with van der Waals surface area (Å²) in [6.07, 6.45) is 3.25. The summed E-state index contributed by atoms with van der Waals surface area (Å²) >= 11 is 0. The molecule has 2 aliphatic rings. The van der Waals surface area contributed by atoms with Crippen molar-refractivity contribution in [1.29, 1.82) is 0 Å². The Hall–Kier alpha value is -2.69. The number of aryl methyl sites for hydroxylation is 1. The van der Waals surface area contributed by atoms with Gasteiger partial charge in [-0.05, 0) is 68.0 Å². The van der Waals surface area contributed by atoms with E-state index in [1.54, 1.807) is 7.11 Å². The lowest BCUT2D eigenvalue weighted by molar-refractivity contribution is -0.137. The van der Waals surface area contributed by atoms with Crippen LogP contribution in [0.5, 0.6) is 17.2 Å². The van der Waals surface area contributed by atoms with Crippen molar-refractivity contribution >= 4 is 5.97 Å². The Kier molecular flexibility index (Phi) is 4.69. The molecule has 1 unspecified atom stereocenters. The van der Waals surface area contributed by atoms with Crippen molar-refractivity contribution in [2.75, 3.05) is 7.11 Å². The number of carboxylic acid groups (broad SMARTS) is 1. The Balaban J connectivity index is 1.63. The van der Waals surface area contributed by atoms with Gasteiger partial charge in [-0.2, -0.15) is 0 Å². The Morgan fingerprint density at radius 2 is 2.11 bits per heavy atom. The molecule has 0 spiro atoms. The molecular formula is C23H26O5. The van der Waals surface area contributed by atoms with Gasteiger partial charge in [-0.1, -0.05) is 12.1 Å². The Bertz CT molecular complexity index is 915. The maximum Gasteiger partial charge on any atom is 0.303 e. The molecule has 2 aliphatic heterocycles. The minimum Gasteiger partial charge on any atom is -0.493 e. The SMILES string of the molecule is COc1ccc(-c2ccc3c(c2)CCC(CCC(=O)O)O3)c2c1OC(C)(C)C2. The highest BCUT2D eigenvalue weighted by molar-refractivity contribution is 5.75. The first-order valence-corrected chi connectivity index (χ1v) is 9.77. The summed E-state index contributed by atoms with van der Waals surface area (Å²) in [4.78, 5) is 10.8. The van der Waals surface area contributed by atoms with E-state index in [9.17, 15) is 4.79 Å². The van der Waals surface area contributed by atoms with E-state index >= 15 is 0 Å². The van der Waals surface area contributed by atoms with Crippen molar-refractivity contribution in [3.8, 4) is 28.4 Å². The Labute approximate surface area is 165 Å². The van der Waals surface area contributed by atoms with E-state index < -0.39 is 5.97 Å². The number of rotatable bonds is 5. The second-order valence-corrected chi connectivity index (χ2v) is 8.20. The number of benzene rings is 2. The lowest BCUT2D eigenvalue weighted by Crippen LogP contribution is -2.24. The molecule has 2 heterocycles. The van der Waals surface area contributed by atoms with Crippen LogP contribution < -0.4 is 14.2 Å². The molecule has 1 N–H and O–H groups in total. The Morgan fingerprint density at radius 3 is 2.86 bits per heavy atom. The molecule has 148 valence electrons. The van der Waals surface area contributed by atoms with E-state index in [0.29, 0.717) is 6.42 Å². The average Bonchev–Trinajstić information content (AvgIpc) is 2.99. The fraction of sp³-hybridized carbons (Fsp3) is 0.435. The summed E-state index contributed by atoms with van der Waals surface area (Å²) in [6.45, 7) is 4.18. The van der Waals surface area contributed by atoms with Crippen LogP contribution in [0.25, 0.3) is 11.1 Å². The zero-order valence-electron chi connectivity index (χ0n) is 16.6. The van der Waals surface area contributed by atoms with E-state index in [4.69, 9.17) is 19.3 Å². The third-order valence-corrected chi connectivity index (χ3v) is 5.51. The topological polar surface area (TPSA) is 65.0 Å². The highest BCUT2D eigenvalue weighted by Crippen LogP contribution is 2.47. The first-order valence-electron chi connectivity index (χ1n) is 9.77. The number of fused-ring (bicyclic) bond motifs is 2. The van der Waals surface area contributed by atoms with Crippen LogP contribution in [0.3, 0.4) is 0 Å². The smallest absolute Gasteiger partial charge is 0.303 e. The molecule has 0 saturated heterocycles. The van der Waals surface area contributed by atoms with E-state index in [-0.39, 0.29) is 18.1 Å². The van der Waals surface area contributed by atoms with Crippen LogP contribution in [0.15, 0.2) is 30.3 Å². The summed E-state index contributed by atoms with van der Waals surface area (Å²) in [5, 5.41) is 8.88. The summed E-state index contributed by atoms with van der Waals surface area (Å²) in [7, 11) is 1.67. The van der Waals surface area contributed by atoms with Crippen molar-refractivity contribution in [3.05, 3.63) is 41.5 Å². The van der Waals surface area contributed by atoms with Crippen LogP contribution in [-0.2, 0) is 17.6 Å². The van der Waals surface area contributed by atoms with Crippen molar-refractivity contribution in [1.82, 2.24) is 0 Å². The summed E-state index contributed by atoms with van der Waals surface area (Å²) in [5.41, 5.74) is 4.41. The molecule has 0 amide bonds. The maximum absolute atomic E-state index is 10.8. The van der Waals surface area contributed by atoms with Gasteiger partial charge in [0.2, 0.25) is 0 Å².